The summed E-state index contributed by atoms with van der Waals surface area (Å²) in [7, 11) is 0. The van der Waals surface area contributed by atoms with Crippen molar-refractivity contribution in [3.8, 4) is 0 Å². The molecule has 0 spiro atoms. The first-order chi connectivity index (χ1) is 8.52. The standard InChI is InChI=1S/C11H24N6O/c12-9(16-17-11(14)15)7-5-3-1-2-4-6-8-10(13)18/h1-8H2,(H2,12,16)(H2,13,18)(H4,14,15,17). The fourth-order valence-corrected chi connectivity index (χ4v) is 1.48. The fourth-order valence-electron chi connectivity index (χ4n) is 1.48. The summed E-state index contributed by atoms with van der Waals surface area (Å²) in [5.41, 5.74) is 20.9. The molecule has 0 aliphatic heterocycles. The minimum Gasteiger partial charge on any atom is -0.386 e. The predicted molar refractivity (Wildman–Crippen MR) is 73.6 cm³/mol. The number of hydrogen-bond acceptors (Lipinski definition) is 3. The van der Waals surface area contributed by atoms with Gasteiger partial charge in [-0.25, -0.2) is 0 Å². The van der Waals surface area contributed by atoms with E-state index in [2.05, 4.69) is 10.2 Å². The molecule has 1 amide bonds. The van der Waals surface area contributed by atoms with Gasteiger partial charge in [0.25, 0.3) is 0 Å². The highest BCUT2D eigenvalue weighted by molar-refractivity contribution is 5.82. The minimum absolute atomic E-state index is 0.0904. The van der Waals surface area contributed by atoms with Crippen molar-refractivity contribution < 1.29 is 4.79 Å². The predicted octanol–water partition coefficient (Wildman–Crippen LogP) is 0.138. The second-order valence-corrected chi connectivity index (χ2v) is 4.20. The molecule has 7 heteroatoms. The zero-order chi connectivity index (χ0) is 13.8. The summed E-state index contributed by atoms with van der Waals surface area (Å²) < 4.78 is 0. The van der Waals surface area contributed by atoms with Crippen LogP contribution < -0.4 is 22.9 Å². The molecule has 0 radical (unpaired) electrons. The van der Waals surface area contributed by atoms with Crippen molar-refractivity contribution in [2.24, 2.45) is 33.1 Å². The van der Waals surface area contributed by atoms with Gasteiger partial charge in [0.15, 0.2) is 0 Å². The molecule has 0 saturated carbocycles. The Balaban J connectivity index is 3.38. The van der Waals surface area contributed by atoms with E-state index in [0.29, 0.717) is 18.7 Å². The van der Waals surface area contributed by atoms with Crippen LogP contribution in [0.3, 0.4) is 0 Å². The molecule has 18 heavy (non-hydrogen) atoms. The molecular formula is C11H24N6O. The Hall–Kier alpha value is -1.79. The van der Waals surface area contributed by atoms with Gasteiger partial charge in [-0.2, -0.15) is 0 Å². The average molecular weight is 256 g/mol. The molecule has 0 aromatic heterocycles. The molecule has 0 atom stereocenters. The number of hydrogen-bond donors (Lipinski definition) is 4. The molecule has 0 aromatic rings. The van der Waals surface area contributed by atoms with Crippen LogP contribution in [0.5, 0.6) is 0 Å². The van der Waals surface area contributed by atoms with E-state index in [-0.39, 0.29) is 11.9 Å². The van der Waals surface area contributed by atoms with Gasteiger partial charge in [0, 0.05) is 12.8 Å². The van der Waals surface area contributed by atoms with Gasteiger partial charge in [-0.05, 0) is 12.8 Å². The second-order valence-electron chi connectivity index (χ2n) is 4.20. The number of nitrogens with two attached hydrogens (primary N) is 4. The van der Waals surface area contributed by atoms with E-state index in [9.17, 15) is 4.79 Å². The lowest BCUT2D eigenvalue weighted by Crippen LogP contribution is -2.22. The maximum absolute atomic E-state index is 10.5. The van der Waals surface area contributed by atoms with E-state index in [4.69, 9.17) is 22.9 Å². The zero-order valence-electron chi connectivity index (χ0n) is 10.8. The highest BCUT2D eigenvalue weighted by Crippen LogP contribution is 2.08. The Morgan fingerprint density at radius 2 is 1.22 bits per heavy atom. The largest absolute Gasteiger partial charge is 0.386 e. The van der Waals surface area contributed by atoms with Crippen LogP contribution in [0.2, 0.25) is 0 Å². The van der Waals surface area contributed by atoms with Crippen molar-refractivity contribution in [3.05, 3.63) is 0 Å². The Labute approximate surface area is 108 Å². The third kappa shape index (κ3) is 12.3. The van der Waals surface area contributed by atoms with E-state index in [1.807, 2.05) is 0 Å². The first kappa shape index (κ1) is 16.2. The van der Waals surface area contributed by atoms with Crippen LogP contribution in [0.1, 0.15) is 51.4 Å². The van der Waals surface area contributed by atoms with E-state index in [0.717, 1.165) is 38.5 Å². The van der Waals surface area contributed by atoms with E-state index in [1.54, 1.807) is 0 Å². The molecule has 0 rings (SSSR count). The van der Waals surface area contributed by atoms with Gasteiger partial charge < -0.3 is 22.9 Å². The number of guanidine groups is 1. The van der Waals surface area contributed by atoms with Crippen molar-refractivity contribution >= 4 is 17.7 Å². The van der Waals surface area contributed by atoms with Gasteiger partial charge in [-0.15, -0.1) is 10.2 Å². The molecule has 0 aliphatic rings. The number of amides is 1. The monoisotopic (exact) mass is 256 g/mol. The molecule has 0 saturated heterocycles. The minimum atomic E-state index is -0.223. The normalized spacial score (nSPS) is 11.2. The number of nitrogens with zero attached hydrogens (tertiary/aromatic N) is 2. The summed E-state index contributed by atoms with van der Waals surface area (Å²) in [6, 6.07) is 0. The molecule has 104 valence electrons. The van der Waals surface area contributed by atoms with Crippen molar-refractivity contribution in [2.75, 3.05) is 0 Å². The van der Waals surface area contributed by atoms with Crippen LogP contribution >= 0.6 is 0 Å². The number of carbonyl (C=O) groups is 1. The van der Waals surface area contributed by atoms with Gasteiger partial charge >= 0.3 is 0 Å². The molecule has 0 bridgehead atoms. The van der Waals surface area contributed by atoms with Crippen LogP contribution in [0.15, 0.2) is 10.2 Å². The molecule has 0 aromatic carbocycles. The lowest BCUT2D eigenvalue weighted by atomic mass is 10.1. The third-order valence-corrected chi connectivity index (χ3v) is 2.40. The summed E-state index contributed by atoms with van der Waals surface area (Å²) in [6.07, 6.45) is 7.37. The molecule has 0 fully saturated rings. The van der Waals surface area contributed by atoms with Crippen LogP contribution in [0.25, 0.3) is 0 Å². The Morgan fingerprint density at radius 3 is 1.72 bits per heavy atom. The van der Waals surface area contributed by atoms with E-state index < -0.39 is 0 Å². The Morgan fingerprint density at radius 1 is 0.722 bits per heavy atom. The number of unbranched alkanes of at least 4 members (excludes halogenated alkanes) is 5. The summed E-state index contributed by atoms with van der Waals surface area (Å²) in [5, 5.41) is 7.14. The van der Waals surface area contributed by atoms with Gasteiger partial charge in [-0.1, -0.05) is 25.7 Å². The summed E-state index contributed by atoms with van der Waals surface area (Å²) in [6.45, 7) is 0. The third-order valence-electron chi connectivity index (χ3n) is 2.40. The van der Waals surface area contributed by atoms with Gasteiger partial charge in [0.05, 0.1) is 0 Å². The van der Waals surface area contributed by atoms with Crippen molar-refractivity contribution in [1.29, 1.82) is 0 Å². The fraction of sp³-hybridized carbons (Fsp3) is 0.727. The maximum atomic E-state index is 10.5. The van der Waals surface area contributed by atoms with Crippen molar-refractivity contribution in [1.82, 2.24) is 0 Å². The molecular weight excluding hydrogens is 232 g/mol. The molecule has 0 heterocycles. The number of primary amides is 1. The summed E-state index contributed by atoms with van der Waals surface area (Å²) in [5.74, 6) is 0.128. The first-order valence-corrected chi connectivity index (χ1v) is 6.21. The van der Waals surface area contributed by atoms with E-state index >= 15 is 0 Å². The summed E-state index contributed by atoms with van der Waals surface area (Å²) >= 11 is 0. The van der Waals surface area contributed by atoms with E-state index in [1.165, 1.54) is 0 Å². The average Bonchev–Trinajstić information content (AvgIpc) is 2.29. The number of rotatable bonds is 10. The molecule has 7 nitrogen and oxygen atoms in total. The summed E-state index contributed by atoms with van der Waals surface area (Å²) in [4.78, 5) is 10.5. The van der Waals surface area contributed by atoms with Gasteiger partial charge in [0.2, 0.25) is 11.9 Å². The second kappa shape index (κ2) is 10.4. The highest BCUT2D eigenvalue weighted by atomic mass is 16.1. The van der Waals surface area contributed by atoms with Crippen molar-refractivity contribution in [3.63, 3.8) is 0 Å². The van der Waals surface area contributed by atoms with Crippen LogP contribution in [0, 0.1) is 0 Å². The van der Waals surface area contributed by atoms with Crippen LogP contribution in [-0.2, 0) is 4.79 Å². The molecule has 8 N–H and O–H groups in total. The van der Waals surface area contributed by atoms with Crippen LogP contribution in [-0.4, -0.2) is 17.7 Å². The quantitative estimate of drug-likeness (QED) is 0.190. The Kier molecular flexibility index (Phi) is 9.34. The lowest BCUT2D eigenvalue weighted by Gasteiger charge is -2.01. The Bertz CT molecular complexity index is 296. The SMILES string of the molecule is NC(=O)CCCCCCCCC(N)=NN=C(N)N. The number of amidine groups is 1. The first-order valence-electron chi connectivity index (χ1n) is 6.21. The van der Waals surface area contributed by atoms with Crippen molar-refractivity contribution in [2.45, 2.75) is 51.4 Å². The number of carbonyl (C=O) groups excluding carboxylic acids is 1. The van der Waals surface area contributed by atoms with Gasteiger partial charge in [-0.3, -0.25) is 4.79 Å². The van der Waals surface area contributed by atoms with Crippen LogP contribution in [0.4, 0.5) is 0 Å². The lowest BCUT2D eigenvalue weighted by molar-refractivity contribution is -0.118. The van der Waals surface area contributed by atoms with Gasteiger partial charge in [0.1, 0.15) is 5.84 Å². The molecule has 0 unspecified atom stereocenters. The maximum Gasteiger partial charge on any atom is 0.217 e. The topological polar surface area (TPSA) is 146 Å². The zero-order valence-corrected chi connectivity index (χ0v) is 10.8. The highest BCUT2D eigenvalue weighted by Gasteiger charge is 1.96. The smallest absolute Gasteiger partial charge is 0.217 e. The molecule has 0 aliphatic carbocycles.